The molecule has 62 valence electrons. The van der Waals surface area contributed by atoms with E-state index in [1.165, 1.54) is 17.8 Å². The number of hydrogen-bond acceptors (Lipinski definition) is 3. The van der Waals surface area contributed by atoms with Crippen LogP contribution in [0.4, 0.5) is 0 Å². The predicted molar refractivity (Wildman–Crippen MR) is 51.1 cm³/mol. The van der Waals surface area contributed by atoms with E-state index < -0.39 is 0 Å². The highest BCUT2D eigenvalue weighted by Crippen LogP contribution is 2.43. The average molecular weight is 243 g/mol. The average Bonchev–Trinajstić information content (AvgIpc) is 2.80. The van der Waals surface area contributed by atoms with E-state index in [2.05, 4.69) is 27.0 Å². The van der Waals surface area contributed by atoms with Crippen LogP contribution in [0.25, 0.3) is 0 Å². The van der Waals surface area contributed by atoms with Crippen molar-refractivity contribution in [1.82, 2.24) is 4.98 Å². The van der Waals surface area contributed by atoms with Gasteiger partial charge >= 0.3 is 0 Å². The summed E-state index contributed by atoms with van der Waals surface area (Å²) in [5, 5.41) is 9.70. The lowest BCUT2D eigenvalue weighted by Gasteiger charge is -1.84. The van der Waals surface area contributed by atoms with Crippen LogP contribution in [-0.2, 0) is 6.42 Å². The largest absolute Gasteiger partial charge is 0.244 e. The van der Waals surface area contributed by atoms with Crippen molar-refractivity contribution in [3.8, 4) is 6.07 Å². The summed E-state index contributed by atoms with van der Waals surface area (Å²) in [5.74, 6) is 0.693. The second-order valence-electron chi connectivity index (χ2n) is 2.88. The zero-order valence-corrected chi connectivity index (χ0v) is 8.78. The van der Waals surface area contributed by atoms with Crippen molar-refractivity contribution in [3.05, 3.63) is 14.5 Å². The van der Waals surface area contributed by atoms with Gasteiger partial charge in [0.05, 0.1) is 27.0 Å². The van der Waals surface area contributed by atoms with Crippen molar-refractivity contribution in [3.63, 3.8) is 0 Å². The number of aromatic nitrogens is 1. The van der Waals surface area contributed by atoms with E-state index in [-0.39, 0.29) is 0 Å². The number of nitriles is 1. The van der Waals surface area contributed by atoms with Crippen molar-refractivity contribution in [2.45, 2.75) is 25.2 Å². The summed E-state index contributed by atoms with van der Waals surface area (Å²) in [6, 6.07) is 2.11. The summed E-state index contributed by atoms with van der Waals surface area (Å²) in [5.41, 5.74) is 0.907. The van der Waals surface area contributed by atoms with Crippen LogP contribution in [-0.4, -0.2) is 4.98 Å². The smallest absolute Gasteiger partial charge is 0.0971 e. The zero-order chi connectivity index (χ0) is 8.55. The second kappa shape index (κ2) is 3.15. The first-order valence-electron chi connectivity index (χ1n) is 3.83. The van der Waals surface area contributed by atoms with Gasteiger partial charge in [0.1, 0.15) is 0 Å². The first-order chi connectivity index (χ1) is 5.81. The molecule has 1 aliphatic carbocycles. The third kappa shape index (κ3) is 1.52. The van der Waals surface area contributed by atoms with Gasteiger partial charge in [-0.15, -0.1) is 11.3 Å². The molecule has 1 aliphatic rings. The lowest BCUT2D eigenvalue weighted by Crippen LogP contribution is -1.83. The molecule has 0 aliphatic heterocycles. The molecule has 2 nitrogen and oxygen atoms in total. The van der Waals surface area contributed by atoms with E-state index in [0.717, 1.165) is 9.48 Å². The third-order valence-electron chi connectivity index (χ3n) is 1.84. The van der Waals surface area contributed by atoms with Crippen molar-refractivity contribution in [1.29, 1.82) is 5.26 Å². The zero-order valence-electron chi connectivity index (χ0n) is 6.38. The molecule has 1 aromatic heterocycles. The van der Waals surface area contributed by atoms with Gasteiger partial charge in [0.2, 0.25) is 0 Å². The number of nitrogens with zero attached hydrogens (tertiary/aromatic N) is 2. The van der Waals surface area contributed by atoms with Gasteiger partial charge in [-0.25, -0.2) is 4.98 Å². The van der Waals surface area contributed by atoms with Crippen LogP contribution in [0.15, 0.2) is 3.79 Å². The monoisotopic (exact) mass is 242 g/mol. The molecule has 4 heteroatoms. The van der Waals surface area contributed by atoms with E-state index in [9.17, 15) is 0 Å². The Hall–Kier alpha value is -0.400. The van der Waals surface area contributed by atoms with Crippen molar-refractivity contribution in [2.24, 2.45) is 0 Å². The van der Waals surface area contributed by atoms with Gasteiger partial charge in [0, 0.05) is 5.92 Å². The highest BCUT2D eigenvalue weighted by atomic mass is 79.9. The highest BCUT2D eigenvalue weighted by molar-refractivity contribution is 9.11. The Bertz CT molecular complexity index is 335. The lowest BCUT2D eigenvalue weighted by molar-refractivity contribution is 1.03. The van der Waals surface area contributed by atoms with Crippen LogP contribution in [0.3, 0.4) is 0 Å². The highest BCUT2D eigenvalue weighted by Gasteiger charge is 2.27. The number of rotatable bonds is 2. The maximum Gasteiger partial charge on any atom is 0.0971 e. The number of hydrogen-bond donors (Lipinski definition) is 0. The number of halogens is 1. The minimum absolute atomic E-state index is 0.420. The Morgan fingerprint density at radius 2 is 2.42 bits per heavy atom. The molecule has 0 N–H and O–H groups in total. The summed E-state index contributed by atoms with van der Waals surface area (Å²) in [4.78, 5) is 4.41. The van der Waals surface area contributed by atoms with Crippen molar-refractivity contribution in [2.75, 3.05) is 0 Å². The molecule has 1 heterocycles. The van der Waals surface area contributed by atoms with Crippen molar-refractivity contribution >= 4 is 27.3 Å². The molecular formula is C8H7BrN2S. The van der Waals surface area contributed by atoms with E-state index in [1.54, 1.807) is 11.3 Å². The number of thiazole rings is 1. The summed E-state index contributed by atoms with van der Waals surface area (Å²) in [7, 11) is 0. The normalized spacial score (nSPS) is 16.0. The second-order valence-corrected chi connectivity index (χ2v) is 5.23. The van der Waals surface area contributed by atoms with Gasteiger partial charge in [-0.1, -0.05) is 0 Å². The van der Waals surface area contributed by atoms with Gasteiger partial charge < -0.3 is 0 Å². The summed E-state index contributed by atoms with van der Waals surface area (Å²) in [6.45, 7) is 0. The Labute approximate surface area is 83.4 Å². The summed E-state index contributed by atoms with van der Waals surface area (Å²) >= 11 is 5.10. The molecule has 0 amide bonds. The molecule has 0 unspecified atom stereocenters. The molecule has 0 radical (unpaired) electrons. The van der Waals surface area contributed by atoms with Crippen molar-refractivity contribution < 1.29 is 0 Å². The van der Waals surface area contributed by atoms with Crippen LogP contribution in [0.1, 0.15) is 29.5 Å². The van der Waals surface area contributed by atoms with Crippen LogP contribution >= 0.6 is 27.3 Å². The van der Waals surface area contributed by atoms with Gasteiger partial charge in [0.25, 0.3) is 0 Å². The minimum Gasteiger partial charge on any atom is -0.244 e. The molecule has 0 aromatic carbocycles. The van der Waals surface area contributed by atoms with Gasteiger partial charge in [-0.2, -0.15) is 5.26 Å². The quantitative estimate of drug-likeness (QED) is 0.800. The maximum atomic E-state index is 8.50. The van der Waals surface area contributed by atoms with Crippen LogP contribution in [0.2, 0.25) is 0 Å². The van der Waals surface area contributed by atoms with E-state index in [1.807, 2.05) is 0 Å². The fraction of sp³-hybridized carbons (Fsp3) is 0.500. The SMILES string of the molecule is N#CCc1nc(C2CC2)sc1Br. The Morgan fingerprint density at radius 3 is 3.00 bits per heavy atom. The van der Waals surface area contributed by atoms with Gasteiger partial charge in [0.15, 0.2) is 0 Å². The summed E-state index contributed by atoms with van der Waals surface area (Å²) < 4.78 is 1.03. The first kappa shape index (κ1) is 8.21. The fourth-order valence-electron chi connectivity index (χ4n) is 1.04. The molecular weight excluding hydrogens is 236 g/mol. The van der Waals surface area contributed by atoms with Crippen LogP contribution in [0.5, 0.6) is 0 Å². The molecule has 1 aromatic rings. The van der Waals surface area contributed by atoms with Gasteiger partial charge in [-0.3, -0.25) is 0 Å². The van der Waals surface area contributed by atoms with E-state index >= 15 is 0 Å². The Balaban J connectivity index is 2.25. The van der Waals surface area contributed by atoms with E-state index in [4.69, 9.17) is 5.26 Å². The molecule has 0 spiro atoms. The molecule has 0 bridgehead atoms. The molecule has 0 atom stereocenters. The van der Waals surface area contributed by atoms with Crippen LogP contribution < -0.4 is 0 Å². The Morgan fingerprint density at radius 1 is 1.67 bits per heavy atom. The standard InChI is InChI=1S/C8H7BrN2S/c9-7-6(3-4-10)11-8(12-7)5-1-2-5/h5H,1-3H2. The Kier molecular flexibility index (Phi) is 2.16. The topological polar surface area (TPSA) is 36.7 Å². The molecule has 1 fully saturated rings. The maximum absolute atomic E-state index is 8.50. The van der Waals surface area contributed by atoms with Crippen LogP contribution in [0, 0.1) is 11.3 Å². The molecule has 2 rings (SSSR count). The molecule has 12 heavy (non-hydrogen) atoms. The predicted octanol–water partition coefficient (Wildman–Crippen LogP) is 2.85. The third-order valence-corrected chi connectivity index (χ3v) is 3.83. The van der Waals surface area contributed by atoms with Gasteiger partial charge in [-0.05, 0) is 28.8 Å². The minimum atomic E-state index is 0.420. The fourth-order valence-corrected chi connectivity index (χ4v) is 2.74. The molecule has 0 saturated heterocycles. The summed E-state index contributed by atoms with van der Waals surface area (Å²) in [6.07, 6.45) is 2.96. The van der Waals surface area contributed by atoms with E-state index in [0.29, 0.717) is 12.3 Å². The lowest BCUT2D eigenvalue weighted by atomic mass is 10.4. The molecule has 1 saturated carbocycles. The first-order valence-corrected chi connectivity index (χ1v) is 5.44.